The lowest BCUT2D eigenvalue weighted by Crippen LogP contribution is -2.48. The minimum atomic E-state index is -0.871. The number of nitrogen functional groups attached to an aromatic ring is 1. The van der Waals surface area contributed by atoms with E-state index in [9.17, 15) is 14.7 Å². The van der Waals surface area contributed by atoms with E-state index < -0.39 is 16.5 Å². The topological polar surface area (TPSA) is 83.6 Å². The van der Waals surface area contributed by atoms with E-state index in [0.29, 0.717) is 31.6 Å². The first-order valence-electron chi connectivity index (χ1n) is 6.64. The molecule has 1 heterocycles. The van der Waals surface area contributed by atoms with Crippen LogP contribution >= 0.6 is 0 Å². The standard InChI is InChI=1S/C15H16N2O3/c16-11-12(14(19)13(11)18)17-8-6-15(20,7-9-17)10-4-2-1-3-5-10/h1-5,20H,6-9,16H2. The van der Waals surface area contributed by atoms with E-state index in [1.165, 1.54) is 0 Å². The van der Waals surface area contributed by atoms with Crippen molar-refractivity contribution >= 4 is 11.4 Å². The Morgan fingerprint density at radius 1 is 1.05 bits per heavy atom. The van der Waals surface area contributed by atoms with Crippen LogP contribution in [-0.4, -0.2) is 18.2 Å². The van der Waals surface area contributed by atoms with E-state index in [4.69, 9.17) is 5.73 Å². The lowest BCUT2D eigenvalue weighted by molar-refractivity contribution is 0.0117. The Kier molecular flexibility index (Phi) is 2.87. The number of anilines is 2. The van der Waals surface area contributed by atoms with Gasteiger partial charge in [0.2, 0.25) is 0 Å². The molecule has 1 aliphatic rings. The molecular weight excluding hydrogens is 256 g/mol. The summed E-state index contributed by atoms with van der Waals surface area (Å²) in [5.41, 5.74) is 4.87. The van der Waals surface area contributed by atoms with Crippen molar-refractivity contribution in [2.75, 3.05) is 23.7 Å². The minimum absolute atomic E-state index is 0.0557. The minimum Gasteiger partial charge on any atom is -0.394 e. The Hall–Kier alpha value is -2.14. The molecule has 0 saturated carbocycles. The van der Waals surface area contributed by atoms with Crippen molar-refractivity contribution in [2.45, 2.75) is 18.4 Å². The van der Waals surface area contributed by atoms with Gasteiger partial charge in [-0.15, -0.1) is 0 Å². The summed E-state index contributed by atoms with van der Waals surface area (Å²) < 4.78 is 0. The number of rotatable bonds is 2. The van der Waals surface area contributed by atoms with Gasteiger partial charge in [0.15, 0.2) is 0 Å². The first kappa shape index (κ1) is 12.9. The number of benzene rings is 1. The number of hydrogen-bond acceptors (Lipinski definition) is 5. The molecule has 2 aromatic carbocycles. The molecule has 104 valence electrons. The summed E-state index contributed by atoms with van der Waals surface area (Å²) in [6.07, 6.45) is 1.02. The molecule has 20 heavy (non-hydrogen) atoms. The molecule has 0 bridgehead atoms. The van der Waals surface area contributed by atoms with Gasteiger partial charge in [0.25, 0.3) is 10.9 Å². The molecule has 0 radical (unpaired) electrons. The van der Waals surface area contributed by atoms with E-state index >= 15 is 0 Å². The molecule has 5 heteroatoms. The Labute approximate surface area is 116 Å². The predicted octanol–water partition coefficient (Wildman–Crippen LogP) is 0.353. The summed E-state index contributed by atoms with van der Waals surface area (Å²) in [6.45, 7) is 1.03. The van der Waals surface area contributed by atoms with Crippen molar-refractivity contribution in [2.24, 2.45) is 0 Å². The number of nitrogens with zero attached hydrogens (tertiary/aromatic N) is 1. The molecule has 5 nitrogen and oxygen atoms in total. The fourth-order valence-electron chi connectivity index (χ4n) is 2.85. The monoisotopic (exact) mass is 272 g/mol. The number of hydrogen-bond donors (Lipinski definition) is 2. The molecule has 0 amide bonds. The maximum Gasteiger partial charge on any atom is 0.253 e. The SMILES string of the molecule is Nc1c(N2CCC(O)(c3ccccc3)CC2)c(=O)c1=O. The highest BCUT2D eigenvalue weighted by Crippen LogP contribution is 2.34. The lowest BCUT2D eigenvalue weighted by Gasteiger charge is -2.40. The average Bonchev–Trinajstić information content (AvgIpc) is 2.50. The molecule has 1 aliphatic heterocycles. The van der Waals surface area contributed by atoms with Crippen molar-refractivity contribution in [1.29, 1.82) is 0 Å². The fraction of sp³-hybridized carbons (Fsp3) is 0.333. The summed E-state index contributed by atoms with van der Waals surface area (Å²) in [6, 6.07) is 9.51. The van der Waals surface area contributed by atoms with Crippen molar-refractivity contribution in [3.05, 3.63) is 56.3 Å². The van der Waals surface area contributed by atoms with Crippen LogP contribution in [0.4, 0.5) is 11.4 Å². The largest absolute Gasteiger partial charge is 0.394 e. The van der Waals surface area contributed by atoms with Gasteiger partial charge in [-0.25, -0.2) is 0 Å². The third-order valence-corrected chi connectivity index (χ3v) is 4.14. The van der Waals surface area contributed by atoms with Crippen LogP contribution in [0.2, 0.25) is 0 Å². The molecule has 1 saturated heterocycles. The van der Waals surface area contributed by atoms with Crippen molar-refractivity contribution in [3.8, 4) is 0 Å². The van der Waals surface area contributed by atoms with E-state index in [1.807, 2.05) is 30.3 Å². The Bertz CT molecular complexity index is 694. The van der Waals surface area contributed by atoms with Crippen LogP contribution in [0.15, 0.2) is 39.9 Å². The molecule has 2 aromatic rings. The third kappa shape index (κ3) is 1.82. The second-order valence-electron chi connectivity index (χ2n) is 5.31. The molecule has 3 N–H and O–H groups in total. The zero-order valence-corrected chi connectivity index (χ0v) is 11.0. The van der Waals surface area contributed by atoms with Crippen molar-refractivity contribution < 1.29 is 5.11 Å². The quantitative estimate of drug-likeness (QED) is 0.771. The number of nitrogens with two attached hydrogens (primary N) is 1. The van der Waals surface area contributed by atoms with Gasteiger partial charge in [0.1, 0.15) is 11.4 Å². The van der Waals surface area contributed by atoms with Crippen LogP contribution in [0.5, 0.6) is 0 Å². The van der Waals surface area contributed by atoms with Crippen LogP contribution in [0.3, 0.4) is 0 Å². The van der Waals surface area contributed by atoms with E-state index in [-0.39, 0.29) is 5.69 Å². The van der Waals surface area contributed by atoms with E-state index in [0.717, 1.165) is 5.56 Å². The molecule has 0 atom stereocenters. The zero-order chi connectivity index (χ0) is 14.3. The second-order valence-corrected chi connectivity index (χ2v) is 5.31. The first-order valence-corrected chi connectivity index (χ1v) is 6.64. The van der Waals surface area contributed by atoms with Crippen LogP contribution < -0.4 is 21.5 Å². The molecule has 0 aromatic heterocycles. The molecule has 0 unspecified atom stereocenters. The van der Waals surface area contributed by atoms with E-state index in [2.05, 4.69) is 0 Å². The van der Waals surface area contributed by atoms with Gasteiger partial charge < -0.3 is 15.7 Å². The molecular formula is C15H16N2O3. The smallest absolute Gasteiger partial charge is 0.253 e. The summed E-state index contributed by atoms with van der Waals surface area (Å²) >= 11 is 0. The Morgan fingerprint density at radius 3 is 2.20 bits per heavy atom. The van der Waals surface area contributed by atoms with Gasteiger partial charge in [-0.2, -0.15) is 0 Å². The molecule has 0 aliphatic carbocycles. The Morgan fingerprint density at radius 2 is 1.65 bits per heavy atom. The maximum atomic E-state index is 11.5. The van der Waals surface area contributed by atoms with E-state index in [1.54, 1.807) is 4.90 Å². The van der Waals surface area contributed by atoms with Gasteiger partial charge in [0, 0.05) is 13.1 Å². The highest BCUT2D eigenvalue weighted by atomic mass is 16.3. The number of aliphatic hydroxyl groups is 1. The molecule has 3 rings (SSSR count). The summed E-state index contributed by atoms with van der Waals surface area (Å²) in [4.78, 5) is 24.5. The maximum absolute atomic E-state index is 11.5. The van der Waals surface area contributed by atoms with Crippen LogP contribution in [0.1, 0.15) is 18.4 Å². The van der Waals surface area contributed by atoms with Gasteiger partial charge in [-0.3, -0.25) is 9.59 Å². The van der Waals surface area contributed by atoms with Gasteiger partial charge in [-0.1, -0.05) is 30.3 Å². The van der Waals surface area contributed by atoms with Crippen molar-refractivity contribution in [1.82, 2.24) is 0 Å². The predicted molar refractivity (Wildman–Crippen MR) is 77.6 cm³/mol. The zero-order valence-electron chi connectivity index (χ0n) is 11.0. The van der Waals surface area contributed by atoms with Crippen LogP contribution in [0, 0.1) is 0 Å². The molecule has 0 spiro atoms. The third-order valence-electron chi connectivity index (χ3n) is 4.14. The van der Waals surface area contributed by atoms with Crippen LogP contribution in [-0.2, 0) is 5.60 Å². The summed E-state index contributed by atoms with van der Waals surface area (Å²) in [7, 11) is 0. The van der Waals surface area contributed by atoms with Crippen molar-refractivity contribution in [3.63, 3.8) is 0 Å². The second kappa shape index (κ2) is 4.45. The highest BCUT2D eigenvalue weighted by Gasteiger charge is 2.36. The number of piperidine rings is 1. The van der Waals surface area contributed by atoms with Gasteiger partial charge >= 0.3 is 0 Å². The van der Waals surface area contributed by atoms with Gasteiger partial charge in [0.05, 0.1) is 5.60 Å². The normalized spacial score (nSPS) is 18.4. The Balaban J connectivity index is 1.78. The fourth-order valence-corrected chi connectivity index (χ4v) is 2.85. The van der Waals surface area contributed by atoms with Gasteiger partial charge in [-0.05, 0) is 18.4 Å². The average molecular weight is 272 g/mol. The lowest BCUT2D eigenvalue weighted by atomic mass is 9.84. The summed E-state index contributed by atoms with van der Waals surface area (Å²) in [5.74, 6) is 0. The molecule has 1 fully saturated rings. The highest BCUT2D eigenvalue weighted by molar-refractivity contribution is 5.72. The first-order chi connectivity index (χ1) is 9.53. The summed E-state index contributed by atoms with van der Waals surface area (Å²) in [5, 5.41) is 10.7. The van der Waals surface area contributed by atoms with Crippen LogP contribution in [0.25, 0.3) is 0 Å².